The molecule has 2 aliphatic rings. The Kier molecular flexibility index (Phi) is 2.61. The summed E-state index contributed by atoms with van der Waals surface area (Å²) in [6.45, 7) is 0. The van der Waals surface area contributed by atoms with Crippen molar-refractivity contribution in [3.8, 4) is 0 Å². The van der Waals surface area contributed by atoms with E-state index in [0.29, 0.717) is 11.7 Å². The average Bonchev–Trinajstić information content (AvgIpc) is 2.93. The minimum absolute atomic E-state index is 0.0472. The lowest BCUT2D eigenvalue weighted by molar-refractivity contribution is -0.384. The molecule has 3 N–H and O–H groups in total. The molecule has 5 nitrogen and oxygen atoms in total. The third-order valence-corrected chi connectivity index (χ3v) is 4.32. The molecule has 2 bridgehead atoms. The van der Waals surface area contributed by atoms with Gasteiger partial charge in [0.05, 0.1) is 16.3 Å². The van der Waals surface area contributed by atoms with E-state index in [-0.39, 0.29) is 5.69 Å². The number of rotatable bonds is 3. The zero-order valence-electron chi connectivity index (χ0n) is 10.1. The molecule has 0 aliphatic heterocycles. The van der Waals surface area contributed by atoms with Crippen LogP contribution in [0.3, 0.4) is 0 Å². The fourth-order valence-electron chi connectivity index (χ4n) is 3.42. The van der Waals surface area contributed by atoms with Gasteiger partial charge in [-0.3, -0.25) is 10.1 Å². The molecular formula is C13H17N3O2. The molecule has 2 fully saturated rings. The zero-order valence-corrected chi connectivity index (χ0v) is 10.1. The second-order valence-corrected chi connectivity index (χ2v) is 5.45. The second kappa shape index (κ2) is 4.15. The van der Waals surface area contributed by atoms with E-state index in [1.807, 2.05) is 0 Å². The van der Waals surface area contributed by atoms with Crippen LogP contribution < -0.4 is 11.1 Å². The molecule has 18 heavy (non-hydrogen) atoms. The maximum atomic E-state index is 10.6. The Bertz CT molecular complexity index is 489. The highest BCUT2D eigenvalue weighted by Gasteiger charge is 2.39. The Hall–Kier alpha value is -1.78. The number of nitrogens with zero attached hydrogens (tertiary/aromatic N) is 1. The largest absolute Gasteiger partial charge is 0.397 e. The van der Waals surface area contributed by atoms with E-state index in [1.165, 1.54) is 37.8 Å². The summed E-state index contributed by atoms with van der Waals surface area (Å²) in [6.07, 6.45) is 5.19. The minimum atomic E-state index is -0.419. The van der Waals surface area contributed by atoms with Gasteiger partial charge < -0.3 is 11.1 Å². The van der Waals surface area contributed by atoms with Crippen molar-refractivity contribution in [1.29, 1.82) is 0 Å². The first-order chi connectivity index (χ1) is 8.63. The number of hydrogen-bond acceptors (Lipinski definition) is 4. The predicted molar refractivity (Wildman–Crippen MR) is 70.4 cm³/mol. The first kappa shape index (κ1) is 11.3. The van der Waals surface area contributed by atoms with Gasteiger partial charge in [0, 0.05) is 18.2 Å². The van der Waals surface area contributed by atoms with Crippen LogP contribution in [0.4, 0.5) is 17.1 Å². The Morgan fingerprint density at radius 1 is 1.33 bits per heavy atom. The Morgan fingerprint density at radius 2 is 2.17 bits per heavy atom. The van der Waals surface area contributed by atoms with Gasteiger partial charge in [0.2, 0.25) is 0 Å². The summed E-state index contributed by atoms with van der Waals surface area (Å²) in [4.78, 5) is 10.2. The van der Waals surface area contributed by atoms with Crippen LogP contribution in [0.25, 0.3) is 0 Å². The monoisotopic (exact) mass is 247 g/mol. The summed E-state index contributed by atoms with van der Waals surface area (Å²) in [5.74, 6) is 1.62. The number of non-ortho nitro benzene ring substituents is 1. The van der Waals surface area contributed by atoms with Crippen LogP contribution in [0.2, 0.25) is 0 Å². The first-order valence-corrected chi connectivity index (χ1v) is 6.44. The normalized spacial score (nSPS) is 29.4. The molecule has 0 radical (unpaired) electrons. The molecule has 0 saturated heterocycles. The van der Waals surface area contributed by atoms with Gasteiger partial charge in [0.1, 0.15) is 0 Å². The standard InChI is InChI=1S/C13H17N3O2/c14-11-7-10(16(17)18)3-4-12(11)15-13-6-8-1-2-9(13)5-8/h3-4,7-9,13,15H,1-2,5-6,14H2. The molecule has 5 heteroatoms. The van der Waals surface area contributed by atoms with E-state index in [1.54, 1.807) is 6.07 Å². The summed E-state index contributed by atoms with van der Waals surface area (Å²) in [5.41, 5.74) is 7.21. The molecule has 2 aliphatic carbocycles. The predicted octanol–water partition coefficient (Wildman–Crippen LogP) is 2.78. The topological polar surface area (TPSA) is 81.2 Å². The van der Waals surface area contributed by atoms with Gasteiger partial charge in [-0.25, -0.2) is 0 Å². The lowest BCUT2D eigenvalue weighted by Gasteiger charge is -2.24. The fourth-order valence-corrected chi connectivity index (χ4v) is 3.42. The van der Waals surface area contributed by atoms with Gasteiger partial charge in [-0.05, 0) is 37.2 Å². The van der Waals surface area contributed by atoms with Gasteiger partial charge in [-0.2, -0.15) is 0 Å². The van der Waals surface area contributed by atoms with Gasteiger partial charge in [0.15, 0.2) is 0 Å². The van der Waals surface area contributed by atoms with E-state index in [2.05, 4.69) is 5.32 Å². The molecule has 3 rings (SSSR count). The zero-order chi connectivity index (χ0) is 12.7. The maximum Gasteiger partial charge on any atom is 0.271 e. The van der Waals surface area contributed by atoms with Crippen molar-refractivity contribution in [3.05, 3.63) is 28.3 Å². The number of hydrogen-bond donors (Lipinski definition) is 2. The lowest BCUT2D eigenvalue weighted by atomic mass is 9.95. The van der Waals surface area contributed by atoms with Gasteiger partial charge in [-0.15, -0.1) is 0 Å². The number of nitro groups is 1. The van der Waals surface area contributed by atoms with Crippen molar-refractivity contribution in [2.45, 2.75) is 31.7 Å². The summed E-state index contributed by atoms with van der Waals surface area (Å²) in [5, 5.41) is 14.1. The van der Waals surface area contributed by atoms with Crippen molar-refractivity contribution >= 4 is 17.1 Å². The van der Waals surface area contributed by atoms with Crippen molar-refractivity contribution in [3.63, 3.8) is 0 Å². The van der Waals surface area contributed by atoms with E-state index in [4.69, 9.17) is 5.73 Å². The molecule has 3 atom stereocenters. The highest BCUT2D eigenvalue weighted by atomic mass is 16.6. The minimum Gasteiger partial charge on any atom is -0.397 e. The number of benzene rings is 1. The molecule has 1 aromatic rings. The van der Waals surface area contributed by atoms with E-state index >= 15 is 0 Å². The van der Waals surface area contributed by atoms with Crippen molar-refractivity contribution in [2.24, 2.45) is 11.8 Å². The van der Waals surface area contributed by atoms with Crippen LogP contribution in [-0.4, -0.2) is 11.0 Å². The number of anilines is 2. The molecule has 3 unspecified atom stereocenters. The van der Waals surface area contributed by atoms with Crippen molar-refractivity contribution in [2.75, 3.05) is 11.1 Å². The smallest absolute Gasteiger partial charge is 0.271 e. The maximum absolute atomic E-state index is 10.6. The molecule has 96 valence electrons. The Balaban J connectivity index is 1.75. The number of nitrogens with one attached hydrogen (secondary N) is 1. The Morgan fingerprint density at radius 3 is 2.72 bits per heavy atom. The Labute approximate surface area is 106 Å². The molecule has 1 aromatic carbocycles. The summed E-state index contributed by atoms with van der Waals surface area (Å²) >= 11 is 0. The second-order valence-electron chi connectivity index (χ2n) is 5.45. The highest BCUT2D eigenvalue weighted by Crippen LogP contribution is 2.46. The average molecular weight is 247 g/mol. The van der Waals surface area contributed by atoms with E-state index < -0.39 is 4.92 Å². The molecule has 0 aromatic heterocycles. The molecule has 0 spiro atoms. The van der Waals surface area contributed by atoms with Crippen LogP contribution >= 0.6 is 0 Å². The third-order valence-electron chi connectivity index (χ3n) is 4.32. The van der Waals surface area contributed by atoms with Crippen LogP contribution in [0.15, 0.2) is 18.2 Å². The lowest BCUT2D eigenvalue weighted by Crippen LogP contribution is -2.26. The SMILES string of the molecule is Nc1cc([N+](=O)[O-])ccc1NC1CC2CCC1C2. The van der Waals surface area contributed by atoms with Crippen molar-refractivity contribution < 1.29 is 4.92 Å². The van der Waals surface area contributed by atoms with Crippen molar-refractivity contribution in [1.82, 2.24) is 0 Å². The highest BCUT2D eigenvalue weighted by molar-refractivity contribution is 5.69. The first-order valence-electron chi connectivity index (χ1n) is 6.44. The van der Waals surface area contributed by atoms with Gasteiger partial charge in [-0.1, -0.05) is 6.42 Å². The number of nitrogen functional groups attached to an aromatic ring is 1. The van der Waals surface area contributed by atoms with E-state index in [0.717, 1.165) is 17.5 Å². The van der Waals surface area contributed by atoms with Crippen LogP contribution in [-0.2, 0) is 0 Å². The fraction of sp³-hybridized carbons (Fsp3) is 0.538. The molecular weight excluding hydrogens is 230 g/mol. The number of nitro benzene ring substituents is 1. The quantitative estimate of drug-likeness (QED) is 0.489. The number of nitrogens with two attached hydrogens (primary N) is 1. The molecule has 2 saturated carbocycles. The van der Waals surface area contributed by atoms with Gasteiger partial charge in [0.25, 0.3) is 5.69 Å². The van der Waals surface area contributed by atoms with Crippen LogP contribution in [0, 0.1) is 22.0 Å². The summed E-state index contributed by atoms with van der Waals surface area (Å²) < 4.78 is 0. The summed E-state index contributed by atoms with van der Waals surface area (Å²) in [7, 11) is 0. The van der Waals surface area contributed by atoms with Crippen LogP contribution in [0.1, 0.15) is 25.7 Å². The molecule has 0 amide bonds. The van der Waals surface area contributed by atoms with E-state index in [9.17, 15) is 10.1 Å². The summed E-state index contributed by atoms with van der Waals surface area (Å²) in [6, 6.07) is 5.15. The third kappa shape index (κ3) is 1.89. The van der Waals surface area contributed by atoms with Crippen LogP contribution in [0.5, 0.6) is 0 Å². The molecule has 0 heterocycles. The van der Waals surface area contributed by atoms with Gasteiger partial charge >= 0.3 is 0 Å². The number of fused-ring (bicyclic) bond motifs is 2.